The normalized spacial score (nSPS) is 14.9. The second-order valence-electron chi connectivity index (χ2n) is 4.23. The van der Waals surface area contributed by atoms with Crippen LogP contribution >= 0.6 is 0 Å². The van der Waals surface area contributed by atoms with E-state index in [4.69, 9.17) is 4.74 Å². The molecule has 0 aliphatic carbocycles. The number of amides is 1. The van der Waals surface area contributed by atoms with Crippen LogP contribution in [0.3, 0.4) is 0 Å². The Kier molecular flexibility index (Phi) is 8.15. The highest BCUT2D eigenvalue weighted by Gasteiger charge is 2.14. The van der Waals surface area contributed by atoms with Crippen molar-refractivity contribution in [2.75, 3.05) is 26.8 Å². The first-order valence-electron chi connectivity index (χ1n) is 5.67. The molecule has 0 aromatic heterocycles. The number of methoxy groups -OCH3 is 1. The van der Waals surface area contributed by atoms with Gasteiger partial charge in [0.15, 0.2) is 0 Å². The lowest BCUT2D eigenvalue weighted by molar-refractivity contribution is -0.123. The standard InChI is InChI=1S/C11H24N2O3/c1-8(2)10(14)7-13-9(3)11(15)12-5-6-16-4/h8-10,13-14H,5-7H2,1-4H3,(H,12,15). The molecule has 0 bridgehead atoms. The minimum atomic E-state index is -0.422. The van der Waals surface area contributed by atoms with Gasteiger partial charge in [0, 0.05) is 20.2 Å². The molecule has 0 saturated heterocycles. The fraction of sp³-hybridized carbons (Fsp3) is 0.909. The van der Waals surface area contributed by atoms with Crippen molar-refractivity contribution in [2.24, 2.45) is 5.92 Å². The van der Waals surface area contributed by atoms with E-state index in [1.807, 2.05) is 13.8 Å². The van der Waals surface area contributed by atoms with Crippen LogP contribution in [-0.2, 0) is 9.53 Å². The van der Waals surface area contributed by atoms with Crippen molar-refractivity contribution in [2.45, 2.75) is 32.9 Å². The molecule has 0 radical (unpaired) electrons. The number of rotatable bonds is 8. The third kappa shape index (κ3) is 6.76. The van der Waals surface area contributed by atoms with E-state index in [1.54, 1.807) is 14.0 Å². The van der Waals surface area contributed by atoms with Crippen molar-refractivity contribution < 1.29 is 14.6 Å². The van der Waals surface area contributed by atoms with Gasteiger partial charge >= 0.3 is 0 Å². The minimum Gasteiger partial charge on any atom is -0.392 e. The van der Waals surface area contributed by atoms with Gasteiger partial charge in [0.05, 0.1) is 18.8 Å². The fourth-order valence-corrected chi connectivity index (χ4v) is 1.06. The largest absolute Gasteiger partial charge is 0.392 e. The molecule has 0 saturated carbocycles. The van der Waals surface area contributed by atoms with Crippen molar-refractivity contribution >= 4 is 5.91 Å². The van der Waals surface area contributed by atoms with Crippen molar-refractivity contribution in [3.05, 3.63) is 0 Å². The van der Waals surface area contributed by atoms with Crippen LogP contribution in [0.5, 0.6) is 0 Å². The number of carbonyl (C=O) groups excluding carboxylic acids is 1. The molecule has 3 N–H and O–H groups in total. The number of aliphatic hydroxyl groups excluding tert-OH is 1. The van der Waals surface area contributed by atoms with Gasteiger partial charge in [0.2, 0.25) is 5.91 Å². The zero-order chi connectivity index (χ0) is 12.6. The predicted molar refractivity (Wildman–Crippen MR) is 63.2 cm³/mol. The summed E-state index contributed by atoms with van der Waals surface area (Å²) in [5.41, 5.74) is 0. The monoisotopic (exact) mass is 232 g/mol. The van der Waals surface area contributed by atoms with E-state index in [1.165, 1.54) is 0 Å². The Morgan fingerprint density at radius 2 is 2.00 bits per heavy atom. The van der Waals surface area contributed by atoms with Crippen LogP contribution in [0.1, 0.15) is 20.8 Å². The molecule has 96 valence electrons. The fourth-order valence-electron chi connectivity index (χ4n) is 1.06. The third-order valence-corrected chi connectivity index (χ3v) is 2.40. The maximum absolute atomic E-state index is 11.5. The lowest BCUT2D eigenvalue weighted by Gasteiger charge is -2.19. The van der Waals surface area contributed by atoms with E-state index in [0.29, 0.717) is 19.7 Å². The summed E-state index contributed by atoms with van der Waals surface area (Å²) in [6.45, 7) is 7.10. The van der Waals surface area contributed by atoms with Gasteiger partial charge in [-0.05, 0) is 12.8 Å². The van der Waals surface area contributed by atoms with E-state index in [9.17, 15) is 9.90 Å². The highest BCUT2D eigenvalue weighted by Crippen LogP contribution is 1.99. The third-order valence-electron chi connectivity index (χ3n) is 2.40. The topological polar surface area (TPSA) is 70.6 Å². The van der Waals surface area contributed by atoms with Crippen molar-refractivity contribution in [1.82, 2.24) is 10.6 Å². The molecule has 0 spiro atoms. The van der Waals surface area contributed by atoms with E-state index in [0.717, 1.165) is 0 Å². The summed E-state index contributed by atoms with van der Waals surface area (Å²) in [6.07, 6.45) is -0.422. The number of nitrogens with one attached hydrogen (secondary N) is 2. The number of aliphatic hydroxyl groups is 1. The van der Waals surface area contributed by atoms with Crippen LogP contribution in [0.15, 0.2) is 0 Å². The maximum atomic E-state index is 11.5. The highest BCUT2D eigenvalue weighted by molar-refractivity contribution is 5.81. The van der Waals surface area contributed by atoms with Gasteiger partial charge in [0.1, 0.15) is 0 Å². The summed E-state index contributed by atoms with van der Waals surface area (Å²) >= 11 is 0. The van der Waals surface area contributed by atoms with E-state index in [-0.39, 0.29) is 17.9 Å². The lowest BCUT2D eigenvalue weighted by atomic mass is 10.1. The Labute approximate surface area is 97.6 Å². The van der Waals surface area contributed by atoms with E-state index < -0.39 is 6.10 Å². The molecule has 5 heteroatoms. The summed E-state index contributed by atoms with van der Waals surface area (Å²) in [6, 6.07) is -0.301. The van der Waals surface area contributed by atoms with Crippen LogP contribution in [-0.4, -0.2) is 50.0 Å². The quantitative estimate of drug-likeness (QED) is 0.504. The molecule has 2 atom stereocenters. The molecule has 2 unspecified atom stereocenters. The number of ether oxygens (including phenoxy) is 1. The lowest BCUT2D eigenvalue weighted by Crippen LogP contribution is -2.46. The Balaban J connectivity index is 3.70. The van der Waals surface area contributed by atoms with Gasteiger partial charge in [-0.2, -0.15) is 0 Å². The second-order valence-corrected chi connectivity index (χ2v) is 4.23. The highest BCUT2D eigenvalue weighted by atomic mass is 16.5. The first kappa shape index (κ1) is 15.3. The van der Waals surface area contributed by atoms with Crippen LogP contribution in [0.4, 0.5) is 0 Å². The average molecular weight is 232 g/mol. The molecule has 0 aromatic carbocycles. The molecule has 1 amide bonds. The van der Waals surface area contributed by atoms with Crippen molar-refractivity contribution in [3.8, 4) is 0 Å². The van der Waals surface area contributed by atoms with Gasteiger partial charge in [-0.1, -0.05) is 13.8 Å². The summed E-state index contributed by atoms with van der Waals surface area (Å²) in [5.74, 6) is 0.115. The van der Waals surface area contributed by atoms with Crippen molar-refractivity contribution in [1.29, 1.82) is 0 Å². The minimum absolute atomic E-state index is 0.0759. The molecular weight excluding hydrogens is 208 g/mol. The molecular formula is C11H24N2O3. The molecule has 16 heavy (non-hydrogen) atoms. The summed E-state index contributed by atoms with van der Waals surface area (Å²) in [4.78, 5) is 11.5. The predicted octanol–water partition coefficient (Wildman–Crippen LogP) is -0.256. The van der Waals surface area contributed by atoms with E-state index in [2.05, 4.69) is 10.6 Å². The Hall–Kier alpha value is -0.650. The second kappa shape index (κ2) is 8.50. The van der Waals surface area contributed by atoms with Crippen LogP contribution in [0, 0.1) is 5.92 Å². The molecule has 5 nitrogen and oxygen atoms in total. The van der Waals surface area contributed by atoms with E-state index >= 15 is 0 Å². The van der Waals surface area contributed by atoms with Gasteiger partial charge in [0.25, 0.3) is 0 Å². The van der Waals surface area contributed by atoms with Gasteiger partial charge < -0.3 is 20.5 Å². The SMILES string of the molecule is COCCNC(=O)C(C)NCC(O)C(C)C. The number of hydrogen-bond acceptors (Lipinski definition) is 4. The average Bonchev–Trinajstić information content (AvgIpc) is 2.25. The number of hydrogen-bond donors (Lipinski definition) is 3. The molecule has 0 aliphatic rings. The van der Waals surface area contributed by atoms with Gasteiger partial charge in [-0.15, -0.1) is 0 Å². The maximum Gasteiger partial charge on any atom is 0.236 e. The van der Waals surface area contributed by atoms with Gasteiger partial charge in [-0.3, -0.25) is 4.79 Å². The molecule has 0 aliphatic heterocycles. The Morgan fingerprint density at radius 3 is 2.50 bits per heavy atom. The van der Waals surface area contributed by atoms with Crippen LogP contribution < -0.4 is 10.6 Å². The van der Waals surface area contributed by atoms with Crippen LogP contribution in [0.25, 0.3) is 0 Å². The first-order chi connectivity index (χ1) is 7.49. The summed E-state index contributed by atoms with van der Waals surface area (Å²) in [5, 5.41) is 15.3. The molecule has 0 rings (SSSR count). The smallest absolute Gasteiger partial charge is 0.236 e. The Bertz CT molecular complexity index is 198. The molecule has 0 heterocycles. The molecule has 0 fully saturated rings. The summed E-state index contributed by atoms with van der Waals surface area (Å²) in [7, 11) is 1.59. The Morgan fingerprint density at radius 1 is 1.38 bits per heavy atom. The van der Waals surface area contributed by atoms with Crippen LogP contribution in [0.2, 0.25) is 0 Å². The van der Waals surface area contributed by atoms with Crippen molar-refractivity contribution in [3.63, 3.8) is 0 Å². The summed E-state index contributed by atoms with van der Waals surface area (Å²) < 4.78 is 4.83. The molecule has 0 aromatic rings. The van der Waals surface area contributed by atoms with Gasteiger partial charge in [-0.25, -0.2) is 0 Å². The zero-order valence-corrected chi connectivity index (χ0v) is 10.6. The number of carbonyl (C=O) groups is 1. The first-order valence-corrected chi connectivity index (χ1v) is 5.67. The zero-order valence-electron chi connectivity index (χ0n) is 10.6.